The van der Waals surface area contributed by atoms with Crippen molar-refractivity contribution >= 4 is 39.2 Å². The highest BCUT2D eigenvalue weighted by atomic mass is 33.1. The molecule has 2 rings (SSSR count). The van der Waals surface area contributed by atoms with Crippen LogP contribution in [-0.4, -0.2) is 49.5 Å². The minimum atomic E-state index is -0.841. The number of hydrogen-bond donors (Lipinski definition) is 2. The van der Waals surface area contributed by atoms with E-state index in [4.69, 9.17) is 5.11 Å². The molecule has 0 aliphatic heterocycles. The van der Waals surface area contributed by atoms with E-state index in [0.717, 1.165) is 0 Å². The number of nitro benzene ring substituents is 1. The smallest absolute Gasteiger partial charge is 0.304 e. The predicted molar refractivity (Wildman–Crippen MR) is 99.7 cm³/mol. The van der Waals surface area contributed by atoms with Gasteiger partial charge in [0.05, 0.1) is 17.7 Å². The Labute approximate surface area is 156 Å². The summed E-state index contributed by atoms with van der Waals surface area (Å²) >= 11 is 0. The maximum atomic E-state index is 12.1. The molecule has 0 bridgehead atoms. The van der Waals surface area contributed by atoms with Crippen LogP contribution in [0.3, 0.4) is 0 Å². The van der Waals surface area contributed by atoms with Gasteiger partial charge in [0.1, 0.15) is 5.69 Å². The lowest BCUT2D eigenvalue weighted by molar-refractivity contribution is -0.384. The van der Waals surface area contributed by atoms with E-state index in [1.165, 1.54) is 56.9 Å². The van der Waals surface area contributed by atoms with Gasteiger partial charge in [-0.3, -0.25) is 19.7 Å². The zero-order valence-corrected chi connectivity index (χ0v) is 15.2. The number of nitro groups is 1. The van der Waals surface area contributed by atoms with Crippen molar-refractivity contribution < 1.29 is 19.6 Å². The largest absolute Gasteiger partial charge is 0.481 e. The number of rotatable bonds is 10. The highest BCUT2D eigenvalue weighted by molar-refractivity contribution is 8.76. The Kier molecular flexibility index (Phi) is 7.48. The van der Waals surface area contributed by atoms with Gasteiger partial charge in [-0.2, -0.15) is 0 Å². The van der Waals surface area contributed by atoms with E-state index in [0.29, 0.717) is 23.7 Å². The Balaban J connectivity index is 1.90. The summed E-state index contributed by atoms with van der Waals surface area (Å²) in [5.41, 5.74) is 0.341. The average molecular weight is 396 g/mol. The minimum Gasteiger partial charge on any atom is -0.481 e. The summed E-state index contributed by atoms with van der Waals surface area (Å²) in [5.74, 6) is -0.144. The van der Waals surface area contributed by atoms with Gasteiger partial charge in [0, 0.05) is 42.1 Å². The SMILES string of the molecule is O=C(O)CCSSCCNC(=O)c1ccc(-n2ccnc2)c([N+](=O)[O-])c1. The van der Waals surface area contributed by atoms with Gasteiger partial charge < -0.3 is 15.0 Å². The molecule has 0 atom stereocenters. The third kappa shape index (κ3) is 5.77. The van der Waals surface area contributed by atoms with Gasteiger partial charge in [-0.25, -0.2) is 4.98 Å². The van der Waals surface area contributed by atoms with Gasteiger partial charge in [0.2, 0.25) is 0 Å². The molecule has 1 heterocycles. The molecule has 0 fully saturated rings. The summed E-state index contributed by atoms with van der Waals surface area (Å²) in [4.78, 5) is 37.1. The van der Waals surface area contributed by atoms with E-state index in [1.54, 1.807) is 6.20 Å². The number of amides is 1. The van der Waals surface area contributed by atoms with E-state index >= 15 is 0 Å². The normalized spacial score (nSPS) is 10.5. The fraction of sp³-hybridized carbons (Fsp3) is 0.267. The quantitative estimate of drug-likeness (QED) is 0.271. The number of benzene rings is 1. The van der Waals surface area contributed by atoms with Gasteiger partial charge in [0.25, 0.3) is 11.6 Å². The molecular formula is C15H16N4O5S2. The first-order chi connectivity index (χ1) is 12.5. The van der Waals surface area contributed by atoms with E-state index in [-0.39, 0.29) is 17.7 Å². The second-order valence-corrected chi connectivity index (χ2v) is 7.68. The number of hydrogen-bond acceptors (Lipinski definition) is 7. The van der Waals surface area contributed by atoms with Crippen LogP contribution in [0, 0.1) is 10.1 Å². The van der Waals surface area contributed by atoms with Crippen LogP contribution in [0.1, 0.15) is 16.8 Å². The Bertz CT molecular complexity index is 782. The number of carboxylic acids is 1. The zero-order valence-electron chi connectivity index (χ0n) is 13.5. The van der Waals surface area contributed by atoms with Gasteiger partial charge in [-0.05, 0) is 12.1 Å². The second-order valence-electron chi connectivity index (χ2n) is 4.97. The fourth-order valence-corrected chi connectivity index (χ4v) is 3.87. The summed E-state index contributed by atoms with van der Waals surface area (Å²) < 4.78 is 1.50. The van der Waals surface area contributed by atoms with Crippen LogP contribution in [-0.2, 0) is 4.79 Å². The van der Waals surface area contributed by atoms with Crippen LogP contribution >= 0.6 is 21.6 Å². The first-order valence-corrected chi connectivity index (χ1v) is 9.99. The zero-order chi connectivity index (χ0) is 18.9. The Morgan fingerprint density at radius 3 is 2.73 bits per heavy atom. The summed E-state index contributed by atoms with van der Waals surface area (Å²) in [6, 6.07) is 4.26. The first-order valence-electron chi connectivity index (χ1n) is 7.50. The van der Waals surface area contributed by atoms with Crippen LogP contribution < -0.4 is 5.32 Å². The molecule has 0 radical (unpaired) electrons. The molecule has 2 N–H and O–H groups in total. The monoisotopic (exact) mass is 396 g/mol. The van der Waals surface area contributed by atoms with Gasteiger partial charge >= 0.3 is 5.97 Å². The first kappa shape index (κ1) is 19.8. The van der Waals surface area contributed by atoms with Crippen molar-refractivity contribution in [3.8, 4) is 5.69 Å². The molecule has 9 nitrogen and oxygen atoms in total. The van der Waals surface area contributed by atoms with Gasteiger partial charge in [-0.1, -0.05) is 21.6 Å². The highest BCUT2D eigenvalue weighted by Gasteiger charge is 2.18. The number of carbonyl (C=O) groups excluding carboxylic acids is 1. The molecule has 11 heteroatoms. The average Bonchev–Trinajstić information content (AvgIpc) is 3.14. The number of aliphatic carboxylic acids is 1. The van der Waals surface area contributed by atoms with Crippen molar-refractivity contribution in [3.05, 3.63) is 52.6 Å². The third-order valence-electron chi connectivity index (χ3n) is 3.17. The molecule has 0 unspecified atom stereocenters. The standard InChI is InChI=1S/C15H16N4O5S2/c20-14(21)3-7-25-26-8-5-17-15(22)11-1-2-12(13(9-11)19(23)24)18-6-4-16-10-18/h1-2,4,6,9-10H,3,5,7-8H2,(H,17,22)(H,20,21). The van der Waals surface area contributed by atoms with Gasteiger partial charge in [0.15, 0.2) is 0 Å². The molecule has 0 saturated carbocycles. The van der Waals surface area contributed by atoms with Gasteiger partial charge in [-0.15, -0.1) is 0 Å². The van der Waals surface area contributed by atoms with Crippen molar-refractivity contribution in [2.75, 3.05) is 18.1 Å². The Hall–Kier alpha value is -2.53. The molecule has 2 aromatic rings. The summed E-state index contributed by atoms with van der Waals surface area (Å²) in [6.07, 6.45) is 4.64. The second kappa shape index (κ2) is 9.82. The fourth-order valence-electron chi connectivity index (χ4n) is 1.99. The third-order valence-corrected chi connectivity index (χ3v) is 5.58. The van der Waals surface area contributed by atoms with Crippen LogP contribution in [0.25, 0.3) is 5.69 Å². The number of nitrogens with zero attached hydrogens (tertiary/aromatic N) is 3. The highest BCUT2D eigenvalue weighted by Crippen LogP contribution is 2.24. The molecule has 0 saturated heterocycles. The molecule has 1 aromatic heterocycles. The molecule has 0 spiro atoms. The van der Waals surface area contributed by atoms with E-state index in [9.17, 15) is 19.7 Å². The van der Waals surface area contributed by atoms with Crippen molar-refractivity contribution in [3.63, 3.8) is 0 Å². The van der Waals surface area contributed by atoms with Crippen molar-refractivity contribution in [2.24, 2.45) is 0 Å². The van der Waals surface area contributed by atoms with E-state index in [2.05, 4.69) is 10.3 Å². The lowest BCUT2D eigenvalue weighted by Gasteiger charge is -2.07. The van der Waals surface area contributed by atoms with Crippen molar-refractivity contribution in [1.29, 1.82) is 0 Å². The molecule has 26 heavy (non-hydrogen) atoms. The summed E-state index contributed by atoms with van der Waals surface area (Å²) in [6.45, 7) is 0.376. The topological polar surface area (TPSA) is 127 Å². The number of nitrogens with one attached hydrogen (secondary N) is 1. The maximum absolute atomic E-state index is 12.1. The van der Waals surface area contributed by atoms with Crippen LogP contribution in [0.2, 0.25) is 0 Å². The van der Waals surface area contributed by atoms with Crippen LogP contribution in [0.15, 0.2) is 36.9 Å². The summed E-state index contributed by atoms with van der Waals surface area (Å²) in [5, 5.41) is 22.5. The Morgan fingerprint density at radius 1 is 1.31 bits per heavy atom. The Morgan fingerprint density at radius 2 is 2.08 bits per heavy atom. The lowest BCUT2D eigenvalue weighted by atomic mass is 10.1. The molecule has 1 aromatic carbocycles. The van der Waals surface area contributed by atoms with Crippen molar-refractivity contribution in [2.45, 2.75) is 6.42 Å². The van der Waals surface area contributed by atoms with E-state index in [1.807, 2.05) is 0 Å². The van der Waals surface area contributed by atoms with Crippen LogP contribution in [0.5, 0.6) is 0 Å². The number of carboxylic acid groups (broad SMARTS) is 1. The number of carbonyl (C=O) groups is 2. The molecular weight excluding hydrogens is 380 g/mol. The molecule has 138 valence electrons. The molecule has 0 aliphatic rings. The maximum Gasteiger partial charge on any atom is 0.304 e. The minimum absolute atomic E-state index is 0.0942. The van der Waals surface area contributed by atoms with Crippen LogP contribution in [0.4, 0.5) is 5.69 Å². The molecule has 1 amide bonds. The number of aromatic nitrogens is 2. The lowest BCUT2D eigenvalue weighted by Crippen LogP contribution is -2.25. The predicted octanol–water partition coefficient (Wildman–Crippen LogP) is 2.37. The van der Waals surface area contributed by atoms with E-state index < -0.39 is 16.8 Å². The summed E-state index contributed by atoms with van der Waals surface area (Å²) in [7, 11) is 2.88. The van der Waals surface area contributed by atoms with Crippen molar-refractivity contribution in [1.82, 2.24) is 14.9 Å². The number of imidazole rings is 1. The molecule has 0 aliphatic carbocycles.